The molecular formula is C25H37N7O4. The molecule has 11 nitrogen and oxygen atoms in total. The zero-order valence-corrected chi connectivity index (χ0v) is 21.4. The van der Waals surface area contributed by atoms with E-state index in [4.69, 9.17) is 24.2 Å². The fourth-order valence-corrected chi connectivity index (χ4v) is 5.68. The number of hydrogen-bond acceptors (Lipinski definition) is 9. The van der Waals surface area contributed by atoms with Crippen LogP contribution in [0, 0.1) is 6.92 Å². The minimum atomic E-state index is -0.222. The number of piperidine rings is 2. The van der Waals surface area contributed by atoms with Crippen molar-refractivity contribution in [3.63, 3.8) is 0 Å². The van der Waals surface area contributed by atoms with E-state index in [0.717, 1.165) is 62.9 Å². The minimum Gasteiger partial charge on any atom is -0.447 e. The van der Waals surface area contributed by atoms with E-state index >= 15 is 0 Å². The summed E-state index contributed by atoms with van der Waals surface area (Å²) < 4.78 is 16.5. The number of methoxy groups -OCH3 is 1. The van der Waals surface area contributed by atoms with Crippen LogP contribution in [0.4, 0.5) is 22.4 Å². The molecule has 3 aliphatic heterocycles. The van der Waals surface area contributed by atoms with Gasteiger partial charge in [0.15, 0.2) is 5.82 Å². The van der Waals surface area contributed by atoms with Crippen molar-refractivity contribution in [3.8, 4) is 0 Å². The molecule has 1 amide bonds. The normalized spacial score (nSPS) is 25.6. The Kier molecular flexibility index (Phi) is 7.56. The highest BCUT2D eigenvalue weighted by Gasteiger charge is 2.43. The Morgan fingerprint density at radius 3 is 2.64 bits per heavy atom. The lowest BCUT2D eigenvalue weighted by Crippen LogP contribution is -2.58. The maximum atomic E-state index is 12.8. The molecule has 2 aromatic rings. The van der Waals surface area contributed by atoms with Crippen molar-refractivity contribution in [1.82, 2.24) is 25.1 Å². The molecule has 2 aromatic heterocycles. The number of aryl methyl sites for hydroxylation is 1. The van der Waals surface area contributed by atoms with Gasteiger partial charge in [-0.1, -0.05) is 0 Å². The highest BCUT2D eigenvalue weighted by Crippen LogP contribution is 2.38. The summed E-state index contributed by atoms with van der Waals surface area (Å²) in [7, 11) is 3.67. The molecule has 0 spiro atoms. The second-order valence-corrected chi connectivity index (χ2v) is 10.0. The van der Waals surface area contributed by atoms with E-state index in [9.17, 15) is 4.79 Å². The summed E-state index contributed by atoms with van der Waals surface area (Å²) in [6.07, 6.45) is 6.58. The molecule has 4 atom stereocenters. The fourth-order valence-electron chi connectivity index (χ4n) is 5.68. The molecule has 3 fully saturated rings. The standard InChI is InChI=1S/C25H37N7O4/c1-16-12-23(30-29-16)27-22-15-20(21-8-5-9-35-21)26-24(28-22)31(2)19-13-17-6-4-7-18(14-19)32(17)25(33)36-11-10-34-3/h12,15,17-19,21H,4-11,13-14H2,1-3H3,(H2,26,27,28,29,30)/t17-,18+,19?,21?. The summed E-state index contributed by atoms with van der Waals surface area (Å²) in [4.78, 5) is 26.8. The Hall–Kier alpha value is -2.92. The molecule has 3 saturated heterocycles. The highest BCUT2D eigenvalue weighted by atomic mass is 16.6. The third-order valence-electron chi connectivity index (χ3n) is 7.49. The van der Waals surface area contributed by atoms with Crippen LogP contribution in [0.15, 0.2) is 12.1 Å². The number of carbonyl (C=O) groups excluding carboxylic acids is 1. The van der Waals surface area contributed by atoms with Gasteiger partial charge in [-0.3, -0.25) is 5.10 Å². The molecule has 0 radical (unpaired) electrons. The van der Waals surface area contributed by atoms with Crippen molar-refractivity contribution in [2.45, 2.75) is 76.1 Å². The highest BCUT2D eigenvalue weighted by molar-refractivity contribution is 5.69. The van der Waals surface area contributed by atoms with Gasteiger partial charge in [-0.15, -0.1) is 0 Å². The number of rotatable bonds is 8. The number of nitrogens with one attached hydrogen (secondary N) is 2. The van der Waals surface area contributed by atoms with Gasteiger partial charge in [-0.2, -0.15) is 10.1 Å². The van der Waals surface area contributed by atoms with Gasteiger partial charge in [-0.05, 0) is 51.9 Å². The van der Waals surface area contributed by atoms with E-state index in [1.54, 1.807) is 7.11 Å². The number of aromatic nitrogens is 4. The molecular weight excluding hydrogens is 462 g/mol. The molecule has 0 aromatic carbocycles. The second-order valence-electron chi connectivity index (χ2n) is 10.0. The molecule has 196 valence electrons. The number of H-pyrrole nitrogens is 1. The summed E-state index contributed by atoms with van der Waals surface area (Å²) in [5.41, 5.74) is 1.86. The Morgan fingerprint density at radius 2 is 1.97 bits per heavy atom. The summed E-state index contributed by atoms with van der Waals surface area (Å²) in [5, 5.41) is 10.6. The number of hydrogen-bond donors (Lipinski definition) is 2. The van der Waals surface area contributed by atoms with Crippen molar-refractivity contribution in [2.75, 3.05) is 44.2 Å². The van der Waals surface area contributed by atoms with Crippen LogP contribution in [0.2, 0.25) is 0 Å². The first-order chi connectivity index (χ1) is 17.5. The fraction of sp³-hybridized carbons (Fsp3) is 0.680. The van der Waals surface area contributed by atoms with Crippen LogP contribution in [0.25, 0.3) is 0 Å². The van der Waals surface area contributed by atoms with E-state index in [2.05, 4.69) is 27.5 Å². The number of amides is 1. The van der Waals surface area contributed by atoms with Crippen LogP contribution in [0.5, 0.6) is 0 Å². The summed E-state index contributed by atoms with van der Waals surface area (Å²) in [6, 6.07) is 4.45. The molecule has 0 saturated carbocycles. The number of anilines is 3. The molecule has 3 aliphatic rings. The monoisotopic (exact) mass is 499 g/mol. The Balaban J connectivity index is 1.35. The average Bonchev–Trinajstić information content (AvgIpc) is 3.55. The number of ether oxygens (including phenoxy) is 3. The van der Waals surface area contributed by atoms with Crippen LogP contribution in [0.3, 0.4) is 0 Å². The SMILES string of the molecule is COCCOC(=O)N1[C@@H]2CCC[C@H]1CC(N(C)c1nc(Nc3cc(C)[nH]n3)cc(C3CCCO3)n1)C2. The molecule has 11 heteroatoms. The Morgan fingerprint density at radius 1 is 1.17 bits per heavy atom. The average molecular weight is 500 g/mol. The molecule has 2 N–H and O–H groups in total. The van der Waals surface area contributed by atoms with Crippen LogP contribution < -0.4 is 10.2 Å². The largest absolute Gasteiger partial charge is 0.447 e. The number of fused-ring (bicyclic) bond motifs is 2. The Bertz CT molecular complexity index is 1030. The van der Waals surface area contributed by atoms with Gasteiger partial charge in [0.05, 0.1) is 18.4 Å². The van der Waals surface area contributed by atoms with E-state index in [1.807, 2.05) is 24.0 Å². The van der Waals surface area contributed by atoms with E-state index in [-0.39, 0.29) is 36.9 Å². The Labute approximate surface area is 211 Å². The first kappa shape index (κ1) is 24.8. The van der Waals surface area contributed by atoms with Gasteiger partial charge in [0, 0.05) is 56.7 Å². The van der Waals surface area contributed by atoms with Gasteiger partial charge in [0.1, 0.15) is 12.4 Å². The quantitative estimate of drug-likeness (QED) is 0.524. The van der Waals surface area contributed by atoms with Crippen LogP contribution in [-0.4, -0.2) is 83.3 Å². The van der Waals surface area contributed by atoms with E-state index in [0.29, 0.717) is 24.2 Å². The lowest BCUT2D eigenvalue weighted by molar-refractivity contribution is 0.00861. The number of carbonyl (C=O) groups is 1. The van der Waals surface area contributed by atoms with Crippen LogP contribution >= 0.6 is 0 Å². The third-order valence-corrected chi connectivity index (χ3v) is 7.49. The van der Waals surface area contributed by atoms with Gasteiger partial charge < -0.3 is 29.3 Å². The number of aromatic amines is 1. The summed E-state index contributed by atoms with van der Waals surface area (Å²) in [6.45, 7) is 3.41. The summed E-state index contributed by atoms with van der Waals surface area (Å²) in [5.74, 6) is 2.08. The summed E-state index contributed by atoms with van der Waals surface area (Å²) >= 11 is 0. The molecule has 5 rings (SSSR count). The van der Waals surface area contributed by atoms with E-state index < -0.39 is 0 Å². The lowest BCUT2D eigenvalue weighted by Gasteiger charge is -2.49. The van der Waals surface area contributed by atoms with Gasteiger partial charge in [0.25, 0.3) is 0 Å². The molecule has 2 bridgehead atoms. The minimum absolute atomic E-state index is 0.0234. The maximum absolute atomic E-state index is 12.8. The molecule has 2 unspecified atom stereocenters. The van der Waals surface area contributed by atoms with Crippen molar-refractivity contribution in [3.05, 3.63) is 23.5 Å². The van der Waals surface area contributed by atoms with Crippen molar-refractivity contribution in [1.29, 1.82) is 0 Å². The zero-order valence-electron chi connectivity index (χ0n) is 21.4. The van der Waals surface area contributed by atoms with Crippen molar-refractivity contribution >= 4 is 23.7 Å². The van der Waals surface area contributed by atoms with Gasteiger partial charge in [0.2, 0.25) is 5.95 Å². The lowest BCUT2D eigenvalue weighted by atomic mass is 9.81. The van der Waals surface area contributed by atoms with Crippen molar-refractivity contribution in [2.24, 2.45) is 0 Å². The van der Waals surface area contributed by atoms with E-state index in [1.165, 1.54) is 0 Å². The smallest absolute Gasteiger partial charge is 0.410 e. The van der Waals surface area contributed by atoms with Crippen LogP contribution in [-0.2, 0) is 14.2 Å². The van der Waals surface area contributed by atoms with Crippen molar-refractivity contribution < 1.29 is 19.0 Å². The van der Waals surface area contributed by atoms with Gasteiger partial charge in [-0.25, -0.2) is 9.78 Å². The topological polar surface area (TPSA) is 118 Å². The first-order valence-corrected chi connectivity index (χ1v) is 13.0. The molecule has 5 heterocycles. The number of nitrogens with zero attached hydrogens (tertiary/aromatic N) is 5. The maximum Gasteiger partial charge on any atom is 0.410 e. The second kappa shape index (κ2) is 11.0. The third kappa shape index (κ3) is 5.41. The zero-order chi connectivity index (χ0) is 25.1. The molecule has 36 heavy (non-hydrogen) atoms. The first-order valence-electron chi connectivity index (χ1n) is 13.0. The van der Waals surface area contributed by atoms with Crippen LogP contribution in [0.1, 0.15) is 62.4 Å². The molecule has 0 aliphatic carbocycles. The van der Waals surface area contributed by atoms with Gasteiger partial charge >= 0.3 is 6.09 Å². The predicted octanol–water partition coefficient (Wildman–Crippen LogP) is 3.71. The predicted molar refractivity (Wildman–Crippen MR) is 134 cm³/mol.